The second-order valence-electron chi connectivity index (χ2n) is 5.02. The highest BCUT2D eigenvalue weighted by molar-refractivity contribution is 6.34. The van der Waals surface area contributed by atoms with Crippen LogP contribution in [0.25, 0.3) is 10.8 Å². The highest BCUT2D eigenvalue weighted by Gasteiger charge is 2.15. The van der Waals surface area contributed by atoms with Crippen molar-refractivity contribution in [3.05, 3.63) is 71.0 Å². The average molecular weight is 341 g/mol. The summed E-state index contributed by atoms with van der Waals surface area (Å²) < 4.78 is 4.67. The molecule has 5 nitrogen and oxygen atoms in total. The number of aromatic nitrogens is 1. The lowest BCUT2D eigenvalue weighted by molar-refractivity contribution is 0.0600. The van der Waals surface area contributed by atoms with E-state index in [9.17, 15) is 9.59 Å². The number of hydrogen-bond donors (Lipinski definition) is 1. The van der Waals surface area contributed by atoms with E-state index in [2.05, 4.69) is 15.0 Å². The fourth-order valence-corrected chi connectivity index (χ4v) is 2.51. The van der Waals surface area contributed by atoms with Crippen LogP contribution in [0.15, 0.2) is 54.7 Å². The Labute approximate surface area is 143 Å². The number of nitrogens with one attached hydrogen (secondary N) is 1. The smallest absolute Gasteiger partial charge is 0.337 e. The Bertz CT molecular complexity index is 935. The molecule has 0 saturated carbocycles. The maximum absolute atomic E-state index is 12.6. The normalized spacial score (nSPS) is 10.4. The Kier molecular flexibility index (Phi) is 4.44. The lowest BCUT2D eigenvalue weighted by Gasteiger charge is -2.10. The number of carbonyl (C=O) groups is 2. The third kappa shape index (κ3) is 3.07. The summed E-state index contributed by atoms with van der Waals surface area (Å²) in [7, 11) is 1.29. The van der Waals surface area contributed by atoms with Crippen molar-refractivity contribution >= 4 is 39.9 Å². The number of amides is 1. The molecule has 0 radical (unpaired) electrons. The van der Waals surface area contributed by atoms with E-state index in [-0.39, 0.29) is 5.69 Å². The fourth-order valence-electron chi connectivity index (χ4n) is 2.35. The molecule has 0 aliphatic heterocycles. The lowest BCUT2D eigenvalue weighted by atomic mass is 10.1. The number of halogens is 1. The standard InChI is InChI=1S/C18H13ClN2O3/c1-24-18(23)12-6-7-14(19)15(10-12)21-17(22)16-13-5-3-2-4-11(13)8-9-20-16/h2-10H,1H3,(H,21,22). The van der Waals surface area contributed by atoms with Crippen molar-refractivity contribution in [1.82, 2.24) is 4.98 Å². The Morgan fingerprint density at radius 1 is 1.12 bits per heavy atom. The number of esters is 1. The fraction of sp³-hybridized carbons (Fsp3) is 0.0556. The number of fused-ring (bicyclic) bond motifs is 1. The van der Waals surface area contributed by atoms with Gasteiger partial charge in [-0.3, -0.25) is 9.78 Å². The van der Waals surface area contributed by atoms with Crippen molar-refractivity contribution in [2.75, 3.05) is 12.4 Å². The van der Waals surface area contributed by atoms with Gasteiger partial charge in [0, 0.05) is 11.6 Å². The summed E-state index contributed by atoms with van der Waals surface area (Å²) in [5, 5.41) is 4.66. The molecule has 0 aliphatic carbocycles. The number of hydrogen-bond acceptors (Lipinski definition) is 4. The van der Waals surface area contributed by atoms with Crippen LogP contribution in [-0.4, -0.2) is 24.0 Å². The molecule has 0 spiro atoms. The first-order valence-electron chi connectivity index (χ1n) is 7.13. The van der Waals surface area contributed by atoms with Crippen molar-refractivity contribution < 1.29 is 14.3 Å². The van der Waals surface area contributed by atoms with Gasteiger partial charge in [-0.2, -0.15) is 0 Å². The molecular weight excluding hydrogens is 328 g/mol. The van der Waals surface area contributed by atoms with Crippen LogP contribution in [0.1, 0.15) is 20.8 Å². The molecule has 1 heterocycles. The van der Waals surface area contributed by atoms with Crippen molar-refractivity contribution in [2.45, 2.75) is 0 Å². The van der Waals surface area contributed by atoms with Crippen LogP contribution >= 0.6 is 11.6 Å². The number of benzene rings is 2. The van der Waals surface area contributed by atoms with Crippen LogP contribution in [0.2, 0.25) is 5.02 Å². The first-order valence-corrected chi connectivity index (χ1v) is 7.51. The van der Waals surface area contributed by atoms with Gasteiger partial charge in [-0.25, -0.2) is 4.79 Å². The Morgan fingerprint density at radius 3 is 2.71 bits per heavy atom. The molecule has 0 aliphatic rings. The maximum atomic E-state index is 12.6. The van der Waals surface area contributed by atoms with Gasteiger partial charge in [-0.15, -0.1) is 0 Å². The maximum Gasteiger partial charge on any atom is 0.337 e. The first kappa shape index (κ1) is 16.0. The summed E-state index contributed by atoms with van der Waals surface area (Å²) in [5.41, 5.74) is 0.898. The minimum atomic E-state index is -0.509. The SMILES string of the molecule is COC(=O)c1ccc(Cl)c(NC(=O)c2nccc3ccccc23)c1. The van der Waals surface area contributed by atoms with E-state index in [1.807, 2.05) is 30.3 Å². The van der Waals surface area contributed by atoms with E-state index >= 15 is 0 Å². The van der Waals surface area contributed by atoms with Crippen LogP contribution < -0.4 is 5.32 Å². The van der Waals surface area contributed by atoms with Crippen molar-refractivity contribution in [3.63, 3.8) is 0 Å². The number of carbonyl (C=O) groups excluding carboxylic acids is 2. The van der Waals surface area contributed by atoms with Crippen molar-refractivity contribution in [1.29, 1.82) is 0 Å². The molecule has 1 N–H and O–H groups in total. The second kappa shape index (κ2) is 6.68. The van der Waals surface area contributed by atoms with Gasteiger partial charge in [0.25, 0.3) is 5.91 Å². The zero-order valence-electron chi connectivity index (χ0n) is 12.7. The van der Waals surface area contributed by atoms with Gasteiger partial charge < -0.3 is 10.1 Å². The highest BCUT2D eigenvalue weighted by atomic mass is 35.5. The minimum absolute atomic E-state index is 0.285. The molecular formula is C18H13ClN2O3. The van der Waals surface area contributed by atoms with Gasteiger partial charge >= 0.3 is 5.97 Å². The van der Waals surface area contributed by atoms with E-state index in [0.717, 1.165) is 10.8 Å². The van der Waals surface area contributed by atoms with Crippen LogP contribution in [0.5, 0.6) is 0 Å². The summed E-state index contributed by atoms with van der Waals surface area (Å²) in [6.07, 6.45) is 1.57. The third-order valence-corrected chi connectivity index (χ3v) is 3.85. The first-order chi connectivity index (χ1) is 11.6. The third-order valence-electron chi connectivity index (χ3n) is 3.52. The molecule has 3 rings (SSSR count). The summed E-state index contributed by atoms with van der Waals surface area (Å²) >= 11 is 6.11. The molecule has 0 fully saturated rings. The topological polar surface area (TPSA) is 68.3 Å². The van der Waals surface area contributed by atoms with Gasteiger partial charge in [0.15, 0.2) is 0 Å². The molecule has 6 heteroatoms. The Morgan fingerprint density at radius 2 is 1.92 bits per heavy atom. The summed E-state index contributed by atoms with van der Waals surface area (Å²) in [4.78, 5) is 28.4. The van der Waals surface area contributed by atoms with Crippen LogP contribution in [-0.2, 0) is 4.74 Å². The molecule has 120 valence electrons. The van der Waals surface area contributed by atoms with E-state index in [1.54, 1.807) is 6.20 Å². The molecule has 2 aromatic carbocycles. The molecule has 0 atom stereocenters. The predicted octanol–water partition coefficient (Wildman–Crippen LogP) is 3.93. The molecule has 1 aromatic heterocycles. The minimum Gasteiger partial charge on any atom is -0.465 e. The zero-order chi connectivity index (χ0) is 17.1. The zero-order valence-corrected chi connectivity index (χ0v) is 13.5. The summed E-state index contributed by atoms with van der Waals surface area (Å²) in [6, 6.07) is 13.8. The number of nitrogens with zero attached hydrogens (tertiary/aromatic N) is 1. The van der Waals surface area contributed by atoms with Crippen molar-refractivity contribution in [3.8, 4) is 0 Å². The number of methoxy groups -OCH3 is 1. The number of anilines is 1. The van der Waals surface area contributed by atoms with Gasteiger partial charge in [0.05, 0.1) is 23.4 Å². The summed E-state index contributed by atoms with van der Waals surface area (Å²) in [6.45, 7) is 0. The lowest BCUT2D eigenvalue weighted by Crippen LogP contribution is -2.15. The summed E-state index contributed by atoms with van der Waals surface area (Å²) in [5.74, 6) is -0.916. The predicted molar refractivity (Wildman–Crippen MR) is 92.5 cm³/mol. The van der Waals surface area contributed by atoms with Crippen LogP contribution in [0.3, 0.4) is 0 Å². The van der Waals surface area contributed by atoms with Gasteiger partial charge in [0.1, 0.15) is 5.69 Å². The number of ether oxygens (including phenoxy) is 1. The monoisotopic (exact) mass is 340 g/mol. The van der Waals surface area contributed by atoms with E-state index in [0.29, 0.717) is 16.3 Å². The van der Waals surface area contributed by atoms with Crippen LogP contribution in [0.4, 0.5) is 5.69 Å². The Hall–Kier alpha value is -2.92. The molecule has 3 aromatic rings. The Balaban J connectivity index is 1.96. The molecule has 0 unspecified atom stereocenters. The largest absolute Gasteiger partial charge is 0.465 e. The highest BCUT2D eigenvalue weighted by Crippen LogP contribution is 2.25. The van der Waals surface area contributed by atoms with Crippen molar-refractivity contribution in [2.24, 2.45) is 0 Å². The molecule has 1 amide bonds. The van der Waals surface area contributed by atoms with E-state index in [4.69, 9.17) is 11.6 Å². The number of rotatable bonds is 3. The van der Waals surface area contributed by atoms with Gasteiger partial charge in [-0.1, -0.05) is 35.9 Å². The second-order valence-corrected chi connectivity index (χ2v) is 5.43. The molecule has 0 saturated heterocycles. The average Bonchev–Trinajstić information content (AvgIpc) is 2.62. The van der Waals surface area contributed by atoms with Crippen LogP contribution in [0, 0.1) is 0 Å². The van der Waals surface area contributed by atoms with E-state index < -0.39 is 11.9 Å². The molecule has 24 heavy (non-hydrogen) atoms. The molecule has 0 bridgehead atoms. The number of pyridine rings is 1. The van der Waals surface area contributed by atoms with Gasteiger partial charge in [-0.05, 0) is 29.7 Å². The van der Waals surface area contributed by atoms with Gasteiger partial charge in [0.2, 0.25) is 0 Å². The quantitative estimate of drug-likeness (QED) is 0.733. The van der Waals surface area contributed by atoms with E-state index in [1.165, 1.54) is 25.3 Å².